The maximum atomic E-state index is 12.8. The molecule has 2 rings (SSSR count). The van der Waals surface area contributed by atoms with Gasteiger partial charge in [0, 0.05) is 35.0 Å². The van der Waals surface area contributed by atoms with Crippen molar-refractivity contribution in [2.24, 2.45) is 0 Å². The highest BCUT2D eigenvalue weighted by atomic mass is 16.6. The second-order valence-electron chi connectivity index (χ2n) is 12.7. The second-order valence-corrected chi connectivity index (χ2v) is 12.7. The van der Waals surface area contributed by atoms with Gasteiger partial charge in [0.05, 0.1) is 12.0 Å². The Balaban J connectivity index is 2.04. The van der Waals surface area contributed by atoms with E-state index in [9.17, 15) is 14.7 Å². The molecule has 6 heteroatoms. The van der Waals surface area contributed by atoms with Crippen molar-refractivity contribution in [2.45, 2.75) is 117 Å². The van der Waals surface area contributed by atoms with Gasteiger partial charge in [0.2, 0.25) is 0 Å². The summed E-state index contributed by atoms with van der Waals surface area (Å²) in [6, 6.07) is 3.37. The molecular formula is C27H43NO5. The Hall–Kier alpha value is -2.08. The highest BCUT2D eigenvalue weighted by Gasteiger charge is 2.39. The van der Waals surface area contributed by atoms with Gasteiger partial charge in [0.1, 0.15) is 18.5 Å². The first-order chi connectivity index (χ1) is 14.8. The minimum absolute atomic E-state index is 0.00681. The number of nitrogens with one attached hydrogen (secondary N) is 1. The fourth-order valence-electron chi connectivity index (χ4n) is 4.76. The fraction of sp³-hybridized carbons (Fsp3) is 0.704. The summed E-state index contributed by atoms with van der Waals surface area (Å²) in [7, 11) is 0. The molecule has 1 heterocycles. The fourth-order valence-corrected chi connectivity index (χ4v) is 4.76. The molecule has 2 N–H and O–H groups in total. The first kappa shape index (κ1) is 27.2. The molecular weight excluding hydrogens is 418 g/mol. The van der Waals surface area contributed by atoms with Crippen molar-refractivity contribution in [3.63, 3.8) is 0 Å². The van der Waals surface area contributed by atoms with Crippen LogP contribution in [0.1, 0.15) is 110 Å². The van der Waals surface area contributed by atoms with E-state index in [4.69, 9.17) is 9.47 Å². The normalized spacial score (nSPS) is 18.6. The maximum absolute atomic E-state index is 12.8. The summed E-state index contributed by atoms with van der Waals surface area (Å²) >= 11 is 0. The Labute approximate surface area is 199 Å². The molecule has 0 amide bonds. The van der Waals surface area contributed by atoms with E-state index in [0.29, 0.717) is 16.7 Å². The molecule has 0 bridgehead atoms. The molecule has 186 valence electrons. The summed E-state index contributed by atoms with van der Waals surface area (Å²) in [6.45, 7) is 20.3. The number of hydrogen-bond acceptors (Lipinski definition) is 6. The minimum atomic E-state index is -0.511. The molecule has 1 saturated heterocycles. The van der Waals surface area contributed by atoms with Gasteiger partial charge in [0.15, 0.2) is 0 Å². The maximum Gasteiger partial charge on any atom is 0.338 e. The average Bonchev–Trinajstić information content (AvgIpc) is 2.56. The number of carbonyl (C=O) groups excluding carboxylic acids is 2. The number of benzene rings is 1. The van der Waals surface area contributed by atoms with Crippen LogP contribution in [-0.2, 0) is 25.1 Å². The van der Waals surface area contributed by atoms with Gasteiger partial charge in [-0.3, -0.25) is 4.79 Å². The van der Waals surface area contributed by atoms with Crippen LogP contribution >= 0.6 is 0 Å². The van der Waals surface area contributed by atoms with Crippen LogP contribution in [-0.4, -0.2) is 40.8 Å². The number of ether oxygens (including phenoxy) is 2. The molecule has 1 aliphatic heterocycles. The molecule has 0 saturated carbocycles. The second kappa shape index (κ2) is 9.28. The van der Waals surface area contributed by atoms with E-state index in [0.717, 1.165) is 12.8 Å². The number of esters is 2. The molecule has 1 fully saturated rings. The lowest BCUT2D eigenvalue weighted by Gasteiger charge is -2.45. The van der Waals surface area contributed by atoms with Gasteiger partial charge in [-0.2, -0.15) is 0 Å². The van der Waals surface area contributed by atoms with Gasteiger partial charge in [-0.25, -0.2) is 4.79 Å². The van der Waals surface area contributed by atoms with E-state index in [1.807, 2.05) is 41.5 Å². The summed E-state index contributed by atoms with van der Waals surface area (Å²) in [4.78, 5) is 25.2. The molecule has 1 aliphatic rings. The zero-order valence-corrected chi connectivity index (χ0v) is 22.1. The molecule has 0 aromatic heterocycles. The van der Waals surface area contributed by atoms with Crippen LogP contribution in [0.3, 0.4) is 0 Å². The van der Waals surface area contributed by atoms with Crippen molar-refractivity contribution in [1.29, 1.82) is 0 Å². The number of phenolic OH excluding ortho intramolecular Hbond substituents is 1. The predicted molar refractivity (Wildman–Crippen MR) is 131 cm³/mol. The van der Waals surface area contributed by atoms with E-state index in [-0.39, 0.29) is 52.8 Å². The number of hydrogen-bond donors (Lipinski definition) is 2. The van der Waals surface area contributed by atoms with Crippen molar-refractivity contribution in [3.05, 3.63) is 28.8 Å². The van der Waals surface area contributed by atoms with Gasteiger partial charge in [0.25, 0.3) is 0 Å². The summed E-state index contributed by atoms with van der Waals surface area (Å²) in [5.41, 5.74) is 0.829. The molecule has 0 unspecified atom stereocenters. The third-order valence-corrected chi connectivity index (χ3v) is 5.95. The number of rotatable bonds is 5. The Morgan fingerprint density at radius 1 is 0.970 bits per heavy atom. The van der Waals surface area contributed by atoms with Crippen LogP contribution < -0.4 is 5.32 Å². The zero-order valence-electron chi connectivity index (χ0n) is 22.1. The van der Waals surface area contributed by atoms with Crippen molar-refractivity contribution in [1.82, 2.24) is 5.32 Å². The van der Waals surface area contributed by atoms with E-state index < -0.39 is 5.97 Å². The van der Waals surface area contributed by atoms with Crippen LogP contribution in [0, 0.1) is 0 Å². The summed E-state index contributed by atoms with van der Waals surface area (Å²) in [5.74, 6) is -0.663. The van der Waals surface area contributed by atoms with Crippen LogP contribution in [0.4, 0.5) is 0 Å². The zero-order chi connectivity index (χ0) is 25.4. The molecule has 0 spiro atoms. The van der Waals surface area contributed by atoms with Crippen LogP contribution in [0.15, 0.2) is 12.1 Å². The Bertz CT molecular complexity index is 836. The monoisotopic (exact) mass is 461 g/mol. The quantitative estimate of drug-likeness (QED) is 0.572. The third-order valence-electron chi connectivity index (χ3n) is 5.95. The smallest absolute Gasteiger partial charge is 0.338 e. The van der Waals surface area contributed by atoms with Crippen molar-refractivity contribution >= 4 is 11.9 Å². The first-order valence-corrected chi connectivity index (χ1v) is 11.8. The molecule has 6 nitrogen and oxygen atoms in total. The summed E-state index contributed by atoms with van der Waals surface area (Å²) in [6.07, 6.45) is 1.31. The minimum Gasteiger partial charge on any atom is -0.507 e. The van der Waals surface area contributed by atoms with Crippen LogP contribution in [0.5, 0.6) is 5.75 Å². The van der Waals surface area contributed by atoms with Crippen LogP contribution in [0.2, 0.25) is 0 Å². The van der Waals surface area contributed by atoms with E-state index in [2.05, 4.69) is 33.0 Å². The molecule has 0 radical (unpaired) electrons. The third kappa shape index (κ3) is 7.46. The topological polar surface area (TPSA) is 84.9 Å². The molecule has 1 aromatic carbocycles. The van der Waals surface area contributed by atoms with E-state index in [1.165, 1.54) is 0 Å². The highest BCUT2D eigenvalue weighted by molar-refractivity contribution is 5.90. The lowest BCUT2D eigenvalue weighted by atomic mass is 9.78. The SMILES string of the molecule is CC1(C)CC(OC(=O)CCOC(=O)c2cc(C(C)(C)C)c(O)c(C(C)(C)C)c2)CC(C)(C)N1. The van der Waals surface area contributed by atoms with Gasteiger partial charge >= 0.3 is 11.9 Å². The summed E-state index contributed by atoms with van der Waals surface area (Å²) < 4.78 is 11.1. The van der Waals surface area contributed by atoms with Gasteiger partial charge in [-0.05, 0) is 50.7 Å². The lowest BCUT2D eigenvalue weighted by molar-refractivity contribution is -0.153. The Kier molecular flexibility index (Phi) is 7.64. The Morgan fingerprint density at radius 3 is 1.85 bits per heavy atom. The Morgan fingerprint density at radius 2 is 1.42 bits per heavy atom. The van der Waals surface area contributed by atoms with Gasteiger partial charge < -0.3 is 19.9 Å². The van der Waals surface area contributed by atoms with Crippen LogP contribution in [0.25, 0.3) is 0 Å². The number of piperidine rings is 1. The molecule has 0 atom stereocenters. The average molecular weight is 462 g/mol. The molecule has 33 heavy (non-hydrogen) atoms. The van der Waals surface area contributed by atoms with E-state index in [1.54, 1.807) is 12.1 Å². The van der Waals surface area contributed by atoms with E-state index >= 15 is 0 Å². The predicted octanol–water partition coefficient (Wildman–Crippen LogP) is 5.39. The van der Waals surface area contributed by atoms with Crippen molar-refractivity contribution in [2.75, 3.05) is 6.61 Å². The number of phenols is 1. The van der Waals surface area contributed by atoms with Gasteiger partial charge in [-0.15, -0.1) is 0 Å². The van der Waals surface area contributed by atoms with Crippen molar-refractivity contribution in [3.8, 4) is 5.75 Å². The standard InChI is InChI=1S/C27H43NO5/c1-24(2,3)19-13-17(14-20(22(19)30)25(4,5)6)23(31)32-12-11-21(29)33-18-15-26(7,8)28-27(9,10)16-18/h13-14,18,28,30H,11-12,15-16H2,1-10H3. The largest absolute Gasteiger partial charge is 0.507 e. The van der Waals surface area contributed by atoms with Crippen molar-refractivity contribution < 1.29 is 24.2 Å². The first-order valence-electron chi connectivity index (χ1n) is 11.8. The number of carbonyl (C=O) groups is 2. The summed E-state index contributed by atoms with van der Waals surface area (Å²) in [5, 5.41) is 14.4. The van der Waals surface area contributed by atoms with Gasteiger partial charge in [-0.1, -0.05) is 41.5 Å². The molecule has 1 aromatic rings. The number of aromatic hydroxyl groups is 1. The lowest BCUT2D eigenvalue weighted by Crippen LogP contribution is -2.59. The highest BCUT2D eigenvalue weighted by Crippen LogP contribution is 2.40. The molecule has 0 aliphatic carbocycles.